The van der Waals surface area contributed by atoms with E-state index in [4.69, 9.17) is 4.74 Å². The lowest BCUT2D eigenvalue weighted by molar-refractivity contribution is 0.0453. The Morgan fingerprint density at radius 1 is 0.694 bits per heavy atom. The number of unbranched alkanes of at least 4 members (excludes halogenated alkanes) is 5. The number of esters is 1. The SMILES string of the molecule is CCCCCCCCc1ccc(-c2ccc(-c3ccc(-c4ccc(C(=O)OC[C@@H](C)CC)s4)s3)s2)s1. The summed E-state index contributed by atoms with van der Waals surface area (Å²) in [4.78, 5) is 22.2. The van der Waals surface area contributed by atoms with Gasteiger partial charge in [0.05, 0.1) is 6.61 Å². The van der Waals surface area contributed by atoms with E-state index in [1.165, 1.54) is 85.5 Å². The van der Waals surface area contributed by atoms with E-state index in [-0.39, 0.29) is 5.97 Å². The van der Waals surface area contributed by atoms with Crippen molar-refractivity contribution in [2.45, 2.75) is 72.1 Å². The predicted octanol–water partition coefficient (Wildman–Crippen LogP) is 11.0. The Hall–Kier alpha value is -1.73. The largest absolute Gasteiger partial charge is 0.461 e. The molecule has 0 aromatic carbocycles. The van der Waals surface area contributed by atoms with Crippen LogP contribution in [-0.2, 0) is 11.2 Å². The zero-order valence-corrected chi connectivity index (χ0v) is 24.8. The second kappa shape index (κ2) is 13.7. The van der Waals surface area contributed by atoms with Crippen LogP contribution in [0.4, 0.5) is 0 Å². The van der Waals surface area contributed by atoms with Crippen molar-refractivity contribution in [3.63, 3.8) is 0 Å². The molecule has 36 heavy (non-hydrogen) atoms. The number of ether oxygens (including phenoxy) is 1. The highest BCUT2D eigenvalue weighted by atomic mass is 32.1. The molecular weight excluding hydrogens is 521 g/mol. The molecule has 0 unspecified atom stereocenters. The Bertz CT molecular complexity index is 1230. The molecule has 0 saturated heterocycles. The molecule has 0 aliphatic heterocycles. The zero-order valence-electron chi connectivity index (χ0n) is 21.5. The molecule has 1 atom stereocenters. The fourth-order valence-electron chi connectivity index (χ4n) is 3.92. The molecule has 2 nitrogen and oxygen atoms in total. The van der Waals surface area contributed by atoms with Crippen molar-refractivity contribution in [1.29, 1.82) is 0 Å². The van der Waals surface area contributed by atoms with Gasteiger partial charge in [0.25, 0.3) is 0 Å². The Morgan fingerprint density at radius 3 is 1.86 bits per heavy atom. The van der Waals surface area contributed by atoms with E-state index < -0.39 is 0 Å². The first kappa shape index (κ1) is 27.3. The van der Waals surface area contributed by atoms with E-state index in [9.17, 15) is 4.79 Å². The standard InChI is InChI=1S/C30H36O2S4/c1-4-6-7-8-9-10-11-22-12-13-23(33-22)24-14-15-25(34-24)26-16-17-27(35-26)28-18-19-29(36-28)30(31)32-20-21(3)5-2/h12-19,21H,4-11,20H2,1-3H3/t21-/m0/s1. The Kier molecular flexibility index (Phi) is 10.4. The molecule has 4 aromatic heterocycles. The number of hydrogen-bond acceptors (Lipinski definition) is 6. The van der Waals surface area contributed by atoms with E-state index in [0.717, 1.165) is 11.3 Å². The molecule has 192 valence electrons. The fraction of sp³-hybridized carbons (Fsp3) is 0.433. The summed E-state index contributed by atoms with van der Waals surface area (Å²) in [6, 6.07) is 17.4. The van der Waals surface area contributed by atoms with E-state index >= 15 is 0 Å². The third kappa shape index (κ3) is 7.41. The maximum absolute atomic E-state index is 12.4. The summed E-state index contributed by atoms with van der Waals surface area (Å²) in [5.74, 6) is 0.183. The average molecular weight is 557 g/mol. The van der Waals surface area contributed by atoms with E-state index in [2.05, 4.69) is 57.2 Å². The summed E-state index contributed by atoms with van der Waals surface area (Å²) in [5, 5.41) is 0. The fourth-order valence-corrected chi connectivity index (χ4v) is 8.15. The van der Waals surface area contributed by atoms with Crippen LogP contribution in [0.5, 0.6) is 0 Å². The zero-order chi connectivity index (χ0) is 25.3. The number of hydrogen-bond donors (Lipinski definition) is 0. The van der Waals surface area contributed by atoms with Crippen molar-refractivity contribution in [2.75, 3.05) is 6.61 Å². The maximum atomic E-state index is 12.4. The molecule has 0 radical (unpaired) electrons. The minimum absolute atomic E-state index is 0.210. The molecule has 0 saturated carbocycles. The minimum Gasteiger partial charge on any atom is -0.461 e. The quantitative estimate of drug-likeness (QED) is 0.114. The third-order valence-corrected chi connectivity index (χ3v) is 11.4. The molecule has 0 aliphatic rings. The summed E-state index contributed by atoms with van der Waals surface area (Å²) in [5.41, 5.74) is 0. The van der Waals surface area contributed by atoms with Gasteiger partial charge in [-0.1, -0.05) is 59.3 Å². The van der Waals surface area contributed by atoms with E-state index in [1.807, 2.05) is 34.8 Å². The smallest absolute Gasteiger partial charge is 0.348 e. The summed E-state index contributed by atoms with van der Waals surface area (Å²) in [6.07, 6.45) is 10.3. The van der Waals surface area contributed by atoms with Crippen LogP contribution in [0.3, 0.4) is 0 Å². The van der Waals surface area contributed by atoms with Crippen LogP contribution in [0.1, 0.15) is 80.3 Å². The van der Waals surface area contributed by atoms with Gasteiger partial charge in [0.1, 0.15) is 4.88 Å². The molecular formula is C30H36O2S4. The van der Waals surface area contributed by atoms with Gasteiger partial charge in [0.15, 0.2) is 0 Å². The van der Waals surface area contributed by atoms with Crippen LogP contribution < -0.4 is 0 Å². The minimum atomic E-state index is -0.210. The number of rotatable bonds is 14. The van der Waals surface area contributed by atoms with E-state index in [1.54, 1.807) is 11.3 Å². The molecule has 0 fully saturated rings. The van der Waals surface area contributed by atoms with Gasteiger partial charge >= 0.3 is 5.97 Å². The second-order valence-electron chi connectivity index (χ2n) is 9.39. The van der Waals surface area contributed by atoms with Crippen molar-refractivity contribution in [2.24, 2.45) is 5.92 Å². The van der Waals surface area contributed by atoms with Gasteiger partial charge in [-0.2, -0.15) is 0 Å². The van der Waals surface area contributed by atoms with Gasteiger partial charge in [-0.25, -0.2) is 4.79 Å². The van der Waals surface area contributed by atoms with Crippen LogP contribution in [-0.4, -0.2) is 12.6 Å². The highest BCUT2D eigenvalue weighted by molar-refractivity contribution is 7.28. The van der Waals surface area contributed by atoms with Crippen molar-refractivity contribution in [3.05, 3.63) is 58.3 Å². The van der Waals surface area contributed by atoms with Gasteiger partial charge < -0.3 is 4.74 Å². The summed E-state index contributed by atoms with van der Waals surface area (Å²) >= 11 is 7.13. The van der Waals surface area contributed by atoms with Crippen molar-refractivity contribution in [1.82, 2.24) is 0 Å². The Labute approximate surface area is 232 Å². The molecule has 4 heterocycles. The Balaban J connectivity index is 1.34. The number of aryl methyl sites for hydroxylation is 1. The summed E-state index contributed by atoms with van der Waals surface area (Å²) in [7, 11) is 0. The van der Waals surface area contributed by atoms with Gasteiger partial charge in [0, 0.05) is 34.1 Å². The molecule has 0 spiro atoms. The van der Waals surface area contributed by atoms with Gasteiger partial charge in [-0.3, -0.25) is 0 Å². The van der Waals surface area contributed by atoms with Crippen LogP contribution in [0.2, 0.25) is 0 Å². The van der Waals surface area contributed by atoms with Gasteiger partial charge in [0.2, 0.25) is 0 Å². The van der Waals surface area contributed by atoms with Crippen molar-refractivity contribution in [3.8, 4) is 29.3 Å². The molecule has 0 N–H and O–H groups in total. The van der Waals surface area contributed by atoms with Gasteiger partial charge in [-0.05, 0) is 67.3 Å². The third-order valence-electron chi connectivity index (χ3n) is 6.38. The van der Waals surface area contributed by atoms with Gasteiger partial charge in [-0.15, -0.1) is 45.3 Å². The van der Waals surface area contributed by atoms with Crippen molar-refractivity contribution >= 4 is 51.3 Å². The molecule has 4 rings (SSSR count). The monoisotopic (exact) mass is 556 g/mol. The second-order valence-corrected chi connectivity index (χ2v) is 13.8. The number of carbonyl (C=O) groups is 1. The maximum Gasteiger partial charge on any atom is 0.348 e. The molecule has 0 bridgehead atoms. The van der Waals surface area contributed by atoms with E-state index in [0.29, 0.717) is 17.4 Å². The lowest BCUT2D eigenvalue weighted by atomic mass is 10.1. The number of thiophene rings is 4. The first-order valence-corrected chi connectivity index (χ1v) is 16.4. The normalized spacial score (nSPS) is 12.2. The highest BCUT2D eigenvalue weighted by Crippen LogP contribution is 2.43. The first-order valence-electron chi connectivity index (χ1n) is 13.1. The molecule has 6 heteroatoms. The first-order chi connectivity index (χ1) is 17.6. The summed E-state index contributed by atoms with van der Waals surface area (Å²) < 4.78 is 5.47. The van der Waals surface area contributed by atoms with Crippen molar-refractivity contribution < 1.29 is 9.53 Å². The molecule has 4 aromatic rings. The molecule has 0 amide bonds. The van der Waals surface area contributed by atoms with Crippen LogP contribution in [0, 0.1) is 5.92 Å². The Morgan fingerprint density at radius 2 is 1.22 bits per heavy atom. The molecule has 0 aliphatic carbocycles. The number of carbonyl (C=O) groups excluding carboxylic acids is 1. The topological polar surface area (TPSA) is 26.3 Å². The summed E-state index contributed by atoms with van der Waals surface area (Å²) in [6.45, 7) is 6.97. The highest BCUT2D eigenvalue weighted by Gasteiger charge is 2.15. The lowest BCUT2D eigenvalue weighted by Crippen LogP contribution is -2.10. The predicted molar refractivity (Wildman–Crippen MR) is 161 cm³/mol. The van der Waals surface area contributed by atoms with Crippen LogP contribution in [0.15, 0.2) is 48.5 Å². The van der Waals surface area contributed by atoms with Crippen LogP contribution >= 0.6 is 45.3 Å². The average Bonchev–Trinajstić information content (AvgIpc) is 3.69. The van der Waals surface area contributed by atoms with Crippen LogP contribution in [0.25, 0.3) is 29.3 Å². The lowest BCUT2D eigenvalue weighted by Gasteiger charge is -2.08.